The lowest BCUT2D eigenvalue weighted by Crippen LogP contribution is -2.21. The molecule has 118 valence electrons. The molecule has 0 unspecified atom stereocenters. The molecule has 0 saturated carbocycles. The molecule has 1 N–H and O–H groups in total. The molecule has 0 aliphatic rings. The Bertz CT molecular complexity index is 787. The second-order valence-corrected chi connectivity index (χ2v) is 5.96. The molecule has 0 atom stereocenters. The quantitative estimate of drug-likeness (QED) is 0.432. The van der Waals surface area contributed by atoms with E-state index in [1.165, 1.54) is 0 Å². The van der Waals surface area contributed by atoms with Crippen molar-refractivity contribution in [2.45, 2.75) is 6.18 Å². The number of halogens is 8. The summed E-state index contributed by atoms with van der Waals surface area (Å²) in [5.74, 6) is 0. The van der Waals surface area contributed by atoms with Gasteiger partial charge in [0.25, 0.3) is 5.56 Å². The maximum absolute atomic E-state index is 12.8. The average Bonchev–Trinajstić information content (AvgIpc) is 2.43. The highest BCUT2D eigenvalue weighted by Crippen LogP contribution is 2.48. The van der Waals surface area contributed by atoms with Gasteiger partial charge in [-0.2, -0.15) is 13.2 Å². The number of aromatic nitrogens is 1. The Kier molecular flexibility index (Phi) is 4.95. The lowest BCUT2D eigenvalue weighted by atomic mass is 10.1. The Morgan fingerprint density at radius 3 is 1.77 bits per heavy atom. The third-order valence-electron chi connectivity index (χ3n) is 2.71. The lowest BCUT2D eigenvalue weighted by Gasteiger charge is -2.14. The number of pyridine rings is 1. The van der Waals surface area contributed by atoms with Gasteiger partial charge in [0.1, 0.15) is 5.56 Å². The molecule has 2 nitrogen and oxygen atoms in total. The molecule has 22 heavy (non-hydrogen) atoms. The van der Waals surface area contributed by atoms with Gasteiger partial charge in [0, 0.05) is 17.3 Å². The van der Waals surface area contributed by atoms with Crippen LogP contribution in [0.25, 0.3) is 11.1 Å². The first-order chi connectivity index (χ1) is 10.1. The average molecular weight is 411 g/mol. The maximum Gasteiger partial charge on any atom is 0.421 e. The van der Waals surface area contributed by atoms with Crippen LogP contribution in [-0.4, -0.2) is 4.98 Å². The summed E-state index contributed by atoms with van der Waals surface area (Å²) in [5.41, 5.74) is -2.87. The van der Waals surface area contributed by atoms with Gasteiger partial charge in [-0.1, -0.05) is 58.0 Å². The van der Waals surface area contributed by atoms with Crippen molar-refractivity contribution in [3.05, 3.63) is 53.3 Å². The number of aromatic amines is 1. The van der Waals surface area contributed by atoms with E-state index in [0.29, 0.717) is 6.07 Å². The summed E-state index contributed by atoms with van der Waals surface area (Å²) in [7, 11) is 0. The number of benzene rings is 1. The van der Waals surface area contributed by atoms with Gasteiger partial charge in [0.2, 0.25) is 0 Å². The number of rotatable bonds is 1. The summed E-state index contributed by atoms with van der Waals surface area (Å²) < 4.78 is 38.4. The third kappa shape index (κ3) is 3.05. The molecule has 2 rings (SSSR count). The molecule has 1 aromatic heterocycles. The van der Waals surface area contributed by atoms with Crippen LogP contribution in [0.5, 0.6) is 0 Å². The minimum atomic E-state index is -4.84. The van der Waals surface area contributed by atoms with E-state index in [9.17, 15) is 18.0 Å². The zero-order chi connectivity index (χ0) is 16.8. The van der Waals surface area contributed by atoms with E-state index in [0.717, 1.165) is 6.20 Å². The van der Waals surface area contributed by atoms with Crippen molar-refractivity contribution in [1.29, 1.82) is 0 Å². The highest BCUT2D eigenvalue weighted by molar-refractivity contribution is 6.56. The fourth-order valence-electron chi connectivity index (χ4n) is 1.70. The van der Waals surface area contributed by atoms with Gasteiger partial charge < -0.3 is 4.98 Å². The van der Waals surface area contributed by atoms with Gasteiger partial charge in [-0.3, -0.25) is 4.79 Å². The maximum atomic E-state index is 12.8. The molecule has 0 saturated heterocycles. The molecular weight excluding hydrogens is 408 g/mol. The topological polar surface area (TPSA) is 32.9 Å². The van der Waals surface area contributed by atoms with Crippen LogP contribution in [0.2, 0.25) is 25.1 Å². The zero-order valence-electron chi connectivity index (χ0n) is 10.1. The standard InChI is InChI=1S/C12H3Cl5F3NO/c13-6-5(7(14)9(16)10(17)8(6)15)3-1-4(12(18,19)20)11(22)21-2-3/h1-2H,(H,21,22). The van der Waals surface area contributed by atoms with Crippen LogP contribution in [0.4, 0.5) is 13.2 Å². The Hall–Kier alpha value is -0.590. The van der Waals surface area contributed by atoms with Crippen LogP contribution in [0.1, 0.15) is 5.56 Å². The molecule has 0 spiro atoms. The smallest absolute Gasteiger partial charge is 0.328 e. The van der Waals surface area contributed by atoms with E-state index >= 15 is 0 Å². The fraction of sp³-hybridized carbons (Fsp3) is 0.0833. The Morgan fingerprint density at radius 1 is 0.864 bits per heavy atom. The van der Waals surface area contributed by atoms with Crippen LogP contribution in [0.15, 0.2) is 17.1 Å². The van der Waals surface area contributed by atoms with E-state index in [2.05, 4.69) is 0 Å². The van der Waals surface area contributed by atoms with E-state index < -0.39 is 17.3 Å². The molecule has 0 aliphatic carbocycles. The summed E-state index contributed by atoms with van der Waals surface area (Å²) in [4.78, 5) is 13.3. The number of nitrogens with one attached hydrogen (secondary N) is 1. The van der Waals surface area contributed by atoms with Crippen LogP contribution < -0.4 is 5.56 Å². The van der Waals surface area contributed by atoms with Crippen molar-refractivity contribution in [2.75, 3.05) is 0 Å². The highest BCUT2D eigenvalue weighted by atomic mass is 35.5. The zero-order valence-corrected chi connectivity index (χ0v) is 13.9. The third-order valence-corrected chi connectivity index (χ3v) is 4.98. The largest absolute Gasteiger partial charge is 0.421 e. The second-order valence-electron chi connectivity index (χ2n) is 4.07. The molecular formula is C12H3Cl5F3NO. The molecule has 0 radical (unpaired) electrons. The summed E-state index contributed by atoms with van der Waals surface area (Å²) in [6.45, 7) is 0. The summed E-state index contributed by atoms with van der Waals surface area (Å²) in [6, 6.07) is 0.604. The molecule has 0 fully saturated rings. The number of alkyl halides is 3. The van der Waals surface area contributed by atoms with Crippen molar-refractivity contribution >= 4 is 58.0 Å². The van der Waals surface area contributed by atoms with Gasteiger partial charge in [-0.05, 0) is 6.07 Å². The van der Waals surface area contributed by atoms with Crippen LogP contribution in [-0.2, 0) is 6.18 Å². The first-order valence-corrected chi connectivity index (χ1v) is 7.26. The molecule has 0 aliphatic heterocycles. The van der Waals surface area contributed by atoms with Gasteiger partial charge in [-0.15, -0.1) is 0 Å². The second kappa shape index (κ2) is 6.13. The van der Waals surface area contributed by atoms with Crippen molar-refractivity contribution in [3.8, 4) is 11.1 Å². The first-order valence-electron chi connectivity index (χ1n) is 5.37. The molecule has 0 bridgehead atoms. The van der Waals surface area contributed by atoms with Gasteiger partial charge in [0.15, 0.2) is 0 Å². The van der Waals surface area contributed by atoms with Crippen molar-refractivity contribution in [3.63, 3.8) is 0 Å². The summed E-state index contributed by atoms with van der Waals surface area (Å²) in [5, 5.41) is -0.801. The van der Waals surface area contributed by atoms with Crippen LogP contribution in [0, 0.1) is 0 Å². The monoisotopic (exact) mass is 409 g/mol. The predicted molar refractivity (Wildman–Crippen MR) is 82.6 cm³/mol. The number of H-pyrrole nitrogens is 1. The van der Waals surface area contributed by atoms with Crippen LogP contribution >= 0.6 is 58.0 Å². The van der Waals surface area contributed by atoms with E-state index in [1.807, 2.05) is 4.98 Å². The fourth-order valence-corrected chi connectivity index (χ4v) is 3.05. The highest BCUT2D eigenvalue weighted by Gasteiger charge is 2.34. The van der Waals surface area contributed by atoms with Crippen molar-refractivity contribution in [2.24, 2.45) is 0 Å². The number of hydrogen-bond acceptors (Lipinski definition) is 1. The molecule has 1 heterocycles. The summed E-state index contributed by atoms with van der Waals surface area (Å²) in [6.07, 6.45) is -3.83. The normalized spacial score (nSPS) is 11.8. The first kappa shape index (κ1) is 17.8. The number of hydrogen-bond donors (Lipinski definition) is 1. The van der Waals surface area contributed by atoms with E-state index in [-0.39, 0.29) is 36.2 Å². The van der Waals surface area contributed by atoms with Gasteiger partial charge in [0.05, 0.1) is 25.1 Å². The molecule has 1 aromatic carbocycles. The lowest BCUT2D eigenvalue weighted by molar-refractivity contribution is -0.138. The minimum Gasteiger partial charge on any atom is -0.328 e. The van der Waals surface area contributed by atoms with Crippen LogP contribution in [0.3, 0.4) is 0 Å². The summed E-state index contributed by atoms with van der Waals surface area (Å²) >= 11 is 29.5. The Labute approximate surface area is 146 Å². The van der Waals surface area contributed by atoms with Gasteiger partial charge >= 0.3 is 6.18 Å². The Balaban J connectivity index is 2.82. The molecule has 0 amide bonds. The SMILES string of the molecule is O=c1[nH]cc(-c2c(Cl)c(Cl)c(Cl)c(Cl)c2Cl)cc1C(F)(F)F. The minimum absolute atomic E-state index is 0.0653. The predicted octanol–water partition coefficient (Wildman–Crippen LogP) is 6.33. The van der Waals surface area contributed by atoms with Gasteiger partial charge in [-0.25, -0.2) is 0 Å². The molecule has 2 aromatic rings. The van der Waals surface area contributed by atoms with Crippen molar-refractivity contribution < 1.29 is 13.2 Å². The Morgan fingerprint density at radius 2 is 1.32 bits per heavy atom. The van der Waals surface area contributed by atoms with E-state index in [1.54, 1.807) is 0 Å². The van der Waals surface area contributed by atoms with E-state index in [4.69, 9.17) is 58.0 Å². The van der Waals surface area contributed by atoms with Crippen molar-refractivity contribution in [1.82, 2.24) is 4.98 Å². The molecule has 10 heteroatoms.